The van der Waals surface area contributed by atoms with E-state index >= 15 is 0 Å². The van der Waals surface area contributed by atoms with Crippen LogP contribution in [0.25, 0.3) is 0 Å². The minimum Gasteiger partial charge on any atom is -1.00 e. The van der Waals surface area contributed by atoms with Gasteiger partial charge in [-0.15, -0.1) is 0 Å². The number of hydrogen-bond acceptors (Lipinski definition) is 2. The molecule has 0 fully saturated rings. The molecule has 0 aliphatic heterocycles. The van der Waals surface area contributed by atoms with Crippen molar-refractivity contribution in [2.45, 2.75) is 27.7 Å². The SMILES string of the molecule is CCNCC.CCNCC.[Cl-].[Cl-].[Zr+2]. The first-order chi connectivity index (χ1) is 4.83. The van der Waals surface area contributed by atoms with Crippen LogP contribution in [0.5, 0.6) is 0 Å². The fraction of sp³-hybridized carbons (Fsp3) is 1.00. The van der Waals surface area contributed by atoms with Gasteiger partial charge in [-0.2, -0.15) is 0 Å². The molecule has 2 N–H and O–H groups in total. The van der Waals surface area contributed by atoms with Crippen LogP contribution in [0.15, 0.2) is 0 Å². The molecule has 0 unspecified atom stereocenters. The largest absolute Gasteiger partial charge is 2.00 e. The van der Waals surface area contributed by atoms with Crippen molar-refractivity contribution in [2.75, 3.05) is 26.2 Å². The van der Waals surface area contributed by atoms with Crippen LogP contribution in [0.3, 0.4) is 0 Å². The Morgan fingerprint density at radius 1 is 0.615 bits per heavy atom. The van der Waals surface area contributed by atoms with E-state index < -0.39 is 0 Å². The monoisotopic (exact) mass is 306 g/mol. The van der Waals surface area contributed by atoms with E-state index in [0.717, 1.165) is 26.2 Å². The number of rotatable bonds is 4. The summed E-state index contributed by atoms with van der Waals surface area (Å²) in [6.45, 7) is 12.8. The van der Waals surface area contributed by atoms with E-state index in [2.05, 4.69) is 38.3 Å². The quantitative estimate of drug-likeness (QED) is 0.545. The molecule has 0 rings (SSSR count). The van der Waals surface area contributed by atoms with E-state index in [4.69, 9.17) is 0 Å². The Morgan fingerprint density at radius 3 is 0.769 bits per heavy atom. The molecule has 13 heavy (non-hydrogen) atoms. The predicted octanol–water partition coefficient (Wildman–Crippen LogP) is -4.76. The molecule has 0 aromatic rings. The third-order valence-corrected chi connectivity index (χ3v) is 1.000. The minimum absolute atomic E-state index is 0. The van der Waals surface area contributed by atoms with E-state index in [0.29, 0.717) is 0 Å². The Kier molecular flexibility index (Phi) is 84.7. The first-order valence-corrected chi connectivity index (χ1v) is 4.24. The summed E-state index contributed by atoms with van der Waals surface area (Å²) in [5, 5.41) is 6.22. The van der Waals surface area contributed by atoms with Crippen molar-refractivity contribution in [2.24, 2.45) is 0 Å². The molecule has 0 bridgehead atoms. The van der Waals surface area contributed by atoms with Crippen LogP contribution in [-0.4, -0.2) is 26.2 Å². The topological polar surface area (TPSA) is 24.1 Å². The summed E-state index contributed by atoms with van der Waals surface area (Å²) in [4.78, 5) is 0. The molecule has 0 heterocycles. The molecule has 0 aromatic carbocycles. The van der Waals surface area contributed by atoms with Crippen molar-refractivity contribution in [1.82, 2.24) is 10.6 Å². The smallest absolute Gasteiger partial charge is 1.00 e. The van der Waals surface area contributed by atoms with Crippen LogP contribution in [0.4, 0.5) is 0 Å². The molecule has 0 spiro atoms. The van der Waals surface area contributed by atoms with Gasteiger partial charge in [0.05, 0.1) is 0 Å². The molecule has 0 saturated carbocycles. The van der Waals surface area contributed by atoms with Crippen molar-refractivity contribution in [3.8, 4) is 0 Å². The van der Waals surface area contributed by atoms with E-state index in [1.54, 1.807) is 0 Å². The first-order valence-electron chi connectivity index (χ1n) is 4.24. The Hall–Kier alpha value is 1.38. The van der Waals surface area contributed by atoms with Gasteiger partial charge in [-0.3, -0.25) is 0 Å². The standard InChI is InChI=1S/2C4H11N.2ClH.Zr/c2*1-3-5-4-2;;;/h2*5H,3-4H2,1-2H3;2*1H;/q;;;;+2/p-2. The second-order valence-electron chi connectivity index (χ2n) is 1.91. The summed E-state index contributed by atoms with van der Waals surface area (Å²) in [5.41, 5.74) is 0. The van der Waals surface area contributed by atoms with E-state index in [1.807, 2.05) is 0 Å². The summed E-state index contributed by atoms with van der Waals surface area (Å²) in [5.74, 6) is 0. The predicted molar refractivity (Wildman–Crippen MR) is 48.4 cm³/mol. The van der Waals surface area contributed by atoms with Crippen LogP contribution in [0.2, 0.25) is 0 Å². The summed E-state index contributed by atoms with van der Waals surface area (Å²) in [6.07, 6.45) is 0. The van der Waals surface area contributed by atoms with Crippen LogP contribution in [0.1, 0.15) is 27.7 Å². The first kappa shape index (κ1) is 29.3. The van der Waals surface area contributed by atoms with Crippen molar-refractivity contribution in [3.63, 3.8) is 0 Å². The molecule has 0 aliphatic rings. The second-order valence-corrected chi connectivity index (χ2v) is 1.91. The fourth-order valence-electron chi connectivity index (χ4n) is 0.500. The Bertz CT molecular complexity index is 41.1. The van der Waals surface area contributed by atoms with Gasteiger partial charge < -0.3 is 35.4 Å². The molecule has 5 heteroatoms. The summed E-state index contributed by atoms with van der Waals surface area (Å²) >= 11 is 0. The summed E-state index contributed by atoms with van der Waals surface area (Å²) in [7, 11) is 0. The average Bonchev–Trinajstić information content (AvgIpc) is 1.93. The van der Waals surface area contributed by atoms with Gasteiger partial charge in [-0.1, -0.05) is 27.7 Å². The van der Waals surface area contributed by atoms with Gasteiger partial charge in [-0.25, -0.2) is 0 Å². The van der Waals surface area contributed by atoms with E-state index in [9.17, 15) is 0 Å². The van der Waals surface area contributed by atoms with Gasteiger partial charge in [0.25, 0.3) is 0 Å². The van der Waals surface area contributed by atoms with Crippen molar-refractivity contribution in [3.05, 3.63) is 0 Å². The third-order valence-electron chi connectivity index (χ3n) is 1.000. The minimum atomic E-state index is 0. The van der Waals surface area contributed by atoms with Gasteiger partial charge >= 0.3 is 26.2 Å². The fourth-order valence-corrected chi connectivity index (χ4v) is 0.500. The Morgan fingerprint density at radius 2 is 0.769 bits per heavy atom. The number of hydrogen-bond donors (Lipinski definition) is 2. The van der Waals surface area contributed by atoms with Gasteiger partial charge in [0.15, 0.2) is 0 Å². The molecule has 82 valence electrons. The zero-order valence-electron chi connectivity index (χ0n) is 9.08. The Labute approximate surface area is 115 Å². The van der Waals surface area contributed by atoms with Crippen LogP contribution in [-0.2, 0) is 26.2 Å². The van der Waals surface area contributed by atoms with Gasteiger partial charge in [0, 0.05) is 0 Å². The van der Waals surface area contributed by atoms with Crippen molar-refractivity contribution in [1.29, 1.82) is 0 Å². The normalized spacial score (nSPS) is 6.46. The van der Waals surface area contributed by atoms with Crippen molar-refractivity contribution >= 4 is 0 Å². The molecule has 0 saturated heterocycles. The van der Waals surface area contributed by atoms with E-state index in [1.165, 1.54) is 0 Å². The Balaban J connectivity index is -0.0000000267. The zero-order valence-corrected chi connectivity index (χ0v) is 13.1. The third kappa shape index (κ3) is 59.8. The molecule has 0 aromatic heterocycles. The molecule has 2 nitrogen and oxygen atoms in total. The second kappa shape index (κ2) is 37.6. The molecular weight excluding hydrogens is 286 g/mol. The molecule has 0 atom stereocenters. The maximum absolute atomic E-state index is 3.11. The summed E-state index contributed by atoms with van der Waals surface area (Å²) < 4.78 is 0. The summed E-state index contributed by atoms with van der Waals surface area (Å²) in [6, 6.07) is 0. The molecule has 0 amide bonds. The molecular formula is C8H22Cl2N2Zr. The van der Waals surface area contributed by atoms with Gasteiger partial charge in [-0.05, 0) is 26.2 Å². The van der Waals surface area contributed by atoms with Gasteiger partial charge in [0.2, 0.25) is 0 Å². The molecule has 0 aliphatic carbocycles. The maximum Gasteiger partial charge on any atom is 2.00 e. The number of halogens is 2. The zero-order chi connectivity index (χ0) is 8.24. The number of nitrogens with one attached hydrogen (secondary N) is 2. The van der Waals surface area contributed by atoms with Crippen LogP contribution >= 0.6 is 0 Å². The van der Waals surface area contributed by atoms with Crippen molar-refractivity contribution < 1.29 is 51.0 Å². The maximum atomic E-state index is 3.11. The van der Waals surface area contributed by atoms with Gasteiger partial charge in [0.1, 0.15) is 0 Å². The van der Waals surface area contributed by atoms with Crippen LogP contribution in [0, 0.1) is 0 Å². The van der Waals surface area contributed by atoms with E-state index in [-0.39, 0.29) is 51.0 Å². The molecule has 0 radical (unpaired) electrons. The van der Waals surface area contributed by atoms with Crippen LogP contribution < -0.4 is 35.4 Å². The average molecular weight is 308 g/mol.